The third-order valence-electron chi connectivity index (χ3n) is 8.75. The summed E-state index contributed by atoms with van der Waals surface area (Å²) in [5, 5.41) is 22.2. The largest absolute Gasteiger partial charge is 0.507 e. The average molecular weight is 610 g/mol. The number of aliphatic hydroxyl groups is 1. The summed E-state index contributed by atoms with van der Waals surface area (Å²) in [5.74, 6) is 0.0154. The first kappa shape index (κ1) is 31.5. The lowest BCUT2D eigenvalue weighted by Crippen LogP contribution is -2.65. The molecule has 1 saturated heterocycles. The van der Waals surface area contributed by atoms with Crippen molar-refractivity contribution in [2.45, 2.75) is 95.4 Å². The van der Waals surface area contributed by atoms with Crippen LogP contribution in [0.3, 0.4) is 0 Å². The molecular weight excluding hydrogens is 570 g/mol. The Morgan fingerprint density at radius 1 is 1.07 bits per heavy atom. The summed E-state index contributed by atoms with van der Waals surface area (Å²) in [5.41, 5.74) is 5.20. The fourth-order valence-electron chi connectivity index (χ4n) is 6.40. The highest BCUT2D eigenvalue weighted by Crippen LogP contribution is 2.38. The molecule has 236 valence electrons. The van der Waals surface area contributed by atoms with E-state index in [1.54, 1.807) is 32.9 Å². The van der Waals surface area contributed by atoms with Crippen molar-refractivity contribution in [2.75, 3.05) is 7.11 Å². The van der Waals surface area contributed by atoms with E-state index in [0.717, 1.165) is 12.8 Å². The predicted octanol–water partition coefficient (Wildman–Crippen LogP) is 4.63. The summed E-state index contributed by atoms with van der Waals surface area (Å²) in [6, 6.07) is 10.5. The van der Waals surface area contributed by atoms with E-state index in [2.05, 4.69) is 0 Å². The molecule has 4 N–H and O–H groups in total. The molecule has 2 aromatic carbocycles. The van der Waals surface area contributed by atoms with Crippen LogP contribution in [-0.2, 0) is 20.6 Å². The van der Waals surface area contributed by atoms with Crippen LogP contribution in [0, 0.1) is 6.92 Å². The molecule has 11 nitrogen and oxygen atoms in total. The van der Waals surface area contributed by atoms with Gasteiger partial charge in [-0.15, -0.1) is 0 Å². The van der Waals surface area contributed by atoms with E-state index in [0.29, 0.717) is 17.0 Å². The second-order valence-electron chi connectivity index (χ2n) is 12.1. The Hall–Kier alpha value is -3.93. The first-order chi connectivity index (χ1) is 20.9. The standard InChI is InChI=1S/C33H39NO10/c1-17-24(41-31-26(37)28(43-32(34)39)29(40-4)33(2,3)44-31)15-14-21-25(36)22(30(38)42-27(17)21)16-23(35)20-12-10-19(11-13-20)18-8-6-5-7-9-18/h10-15,18,26,28-29,31,36-37H,5-9,16H2,1-4H3,(H2,34,39)/t26-,28+,29-,31-/m1/s1. The maximum Gasteiger partial charge on any atom is 0.404 e. The van der Waals surface area contributed by atoms with Crippen molar-refractivity contribution in [2.24, 2.45) is 5.73 Å². The Morgan fingerprint density at radius 3 is 2.39 bits per heavy atom. The van der Waals surface area contributed by atoms with Crippen LogP contribution in [0.4, 0.5) is 4.79 Å². The van der Waals surface area contributed by atoms with Gasteiger partial charge in [-0.3, -0.25) is 4.79 Å². The van der Waals surface area contributed by atoms with E-state index in [4.69, 9.17) is 29.1 Å². The van der Waals surface area contributed by atoms with E-state index in [1.807, 2.05) is 12.1 Å². The van der Waals surface area contributed by atoms with Crippen LogP contribution >= 0.6 is 0 Å². The number of ether oxygens (including phenoxy) is 4. The summed E-state index contributed by atoms with van der Waals surface area (Å²) in [6.07, 6.45) is -0.298. The SMILES string of the molecule is CO[C@@H]1[C@@H](OC(N)=O)[C@@H](O)[C@H](Oc2ccc3c(O)c(CC(=O)c4ccc(C5CCCCC5)cc4)c(=O)oc3c2C)OC1(C)C. The van der Waals surface area contributed by atoms with Gasteiger partial charge in [-0.25, -0.2) is 9.59 Å². The number of ketones is 1. The number of carbonyl (C=O) groups is 2. The van der Waals surface area contributed by atoms with Gasteiger partial charge < -0.3 is 39.3 Å². The maximum absolute atomic E-state index is 13.1. The molecule has 2 aliphatic rings. The number of hydrogen-bond donors (Lipinski definition) is 3. The zero-order valence-electron chi connectivity index (χ0n) is 25.3. The number of benzene rings is 2. The van der Waals surface area contributed by atoms with Gasteiger partial charge in [-0.2, -0.15) is 0 Å². The monoisotopic (exact) mass is 609 g/mol. The van der Waals surface area contributed by atoms with E-state index < -0.39 is 41.9 Å². The van der Waals surface area contributed by atoms with Gasteiger partial charge in [-0.1, -0.05) is 43.5 Å². The van der Waals surface area contributed by atoms with Crippen LogP contribution in [-0.4, -0.2) is 59.4 Å². The van der Waals surface area contributed by atoms with Gasteiger partial charge in [0, 0.05) is 24.7 Å². The first-order valence-electron chi connectivity index (χ1n) is 14.8. The van der Waals surface area contributed by atoms with Gasteiger partial charge in [0.05, 0.1) is 16.6 Å². The summed E-state index contributed by atoms with van der Waals surface area (Å²) in [7, 11) is 1.39. The van der Waals surface area contributed by atoms with E-state index >= 15 is 0 Å². The number of carbonyl (C=O) groups excluding carboxylic acids is 2. The first-order valence-corrected chi connectivity index (χ1v) is 14.8. The van der Waals surface area contributed by atoms with Crippen LogP contribution in [0.5, 0.6) is 11.5 Å². The van der Waals surface area contributed by atoms with Crippen molar-refractivity contribution in [1.82, 2.24) is 0 Å². The molecule has 11 heteroatoms. The molecule has 1 aliphatic heterocycles. The lowest BCUT2D eigenvalue weighted by atomic mass is 9.84. The van der Waals surface area contributed by atoms with Gasteiger partial charge in [0.25, 0.3) is 0 Å². The summed E-state index contributed by atoms with van der Waals surface area (Å²) in [4.78, 5) is 37.7. The van der Waals surface area contributed by atoms with Gasteiger partial charge in [0.1, 0.15) is 23.2 Å². The highest BCUT2D eigenvalue weighted by molar-refractivity contribution is 5.99. The fourth-order valence-corrected chi connectivity index (χ4v) is 6.40. The van der Waals surface area contributed by atoms with Crippen molar-refractivity contribution < 1.29 is 43.2 Å². The third-order valence-corrected chi connectivity index (χ3v) is 8.75. The Kier molecular flexibility index (Phi) is 9.01. The molecule has 1 aliphatic carbocycles. The number of methoxy groups -OCH3 is 1. The molecule has 1 aromatic heterocycles. The molecule has 1 amide bonds. The number of nitrogens with two attached hydrogens (primary N) is 1. The topological polar surface area (TPSA) is 168 Å². The molecule has 5 rings (SSSR count). The number of fused-ring (bicyclic) bond motifs is 1. The fraction of sp³-hybridized carbons (Fsp3) is 0.485. The number of aliphatic hydroxyl groups excluding tert-OH is 1. The third kappa shape index (κ3) is 6.17. The van der Waals surface area contributed by atoms with Crippen molar-refractivity contribution in [3.05, 3.63) is 69.1 Å². The van der Waals surface area contributed by atoms with Crippen molar-refractivity contribution >= 4 is 22.8 Å². The zero-order valence-corrected chi connectivity index (χ0v) is 25.3. The molecule has 4 atom stereocenters. The number of Topliss-reactive ketones (excluding diaryl/α,β-unsaturated/α-hetero) is 1. The second-order valence-corrected chi connectivity index (χ2v) is 12.1. The molecule has 2 heterocycles. The number of aromatic hydroxyl groups is 1. The molecule has 0 unspecified atom stereocenters. The molecule has 0 radical (unpaired) electrons. The van der Waals surface area contributed by atoms with Gasteiger partial charge in [-0.05, 0) is 57.2 Å². The average Bonchev–Trinajstić information content (AvgIpc) is 2.99. The van der Waals surface area contributed by atoms with Gasteiger partial charge >= 0.3 is 11.7 Å². The van der Waals surface area contributed by atoms with Crippen LogP contribution < -0.4 is 16.1 Å². The van der Waals surface area contributed by atoms with E-state index in [9.17, 15) is 24.6 Å². The van der Waals surface area contributed by atoms with Crippen molar-refractivity contribution in [3.63, 3.8) is 0 Å². The smallest absolute Gasteiger partial charge is 0.404 e. The molecule has 0 bridgehead atoms. The lowest BCUT2D eigenvalue weighted by Gasteiger charge is -2.47. The molecule has 2 fully saturated rings. The Labute approximate surface area is 254 Å². The van der Waals surface area contributed by atoms with Crippen molar-refractivity contribution in [3.8, 4) is 11.5 Å². The second kappa shape index (κ2) is 12.6. The quantitative estimate of drug-likeness (QED) is 0.242. The highest BCUT2D eigenvalue weighted by atomic mass is 16.7. The Bertz CT molecular complexity index is 1590. The minimum absolute atomic E-state index is 0.0438. The number of hydrogen-bond acceptors (Lipinski definition) is 10. The number of primary amides is 1. The molecule has 0 spiro atoms. The minimum atomic E-state index is -1.49. The van der Waals surface area contributed by atoms with Crippen molar-refractivity contribution in [1.29, 1.82) is 0 Å². The maximum atomic E-state index is 13.1. The van der Waals surface area contributed by atoms with Gasteiger partial charge in [0.15, 0.2) is 18.0 Å². The predicted molar refractivity (Wildman–Crippen MR) is 160 cm³/mol. The van der Waals surface area contributed by atoms with E-state index in [1.165, 1.54) is 44.1 Å². The van der Waals surface area contributed by atoms with Gasteiger partial charge in [0.2, 0.25) is 6.29 Å². The number of aryl methyl sites for hydroxylation is 1. The van der Waals surface area contributed by atoms with Crippen LogP contribution in [0.25, 0.3) is 11.0 Å². The molecule has 3 aromatic rings. The Balaban J connectivity index is 1.37. The molecule has 44 heavy (non-hydrogen) atoms. The van der Waals surface area contributed by atoms with Crippen LogP contribution in [0.1, 0.15) is 78.9 Å². The zero-order chi connectivity index (χ0) is 31.8. The number of amides is 1. The Morgan fingerprint density at radius 2 is 1.75 bits per heavy atom. The lowest BCUT2D eigenvalue weighted by molar-refractivity contribution is -0.304. The molecular formula is C33H39NO10. The molecule has 1 saturated carbocycles. The minimum Gasteiger partial charge on any atom is -0.507 e. The summed E-state index contributed by atoms with van der Waals surface area (Å²) >= 11 is 0. The van der Waals surface area contributed by atoms with Crippen LogP contribution in [0.2, 0.25) is 0 Å². The summed E-state index contributed by atoms with van der Waals surface area (Å²) < 4.78 is 28.1. The van der Waals surface area contributed by atoms with E-state index in [-0.39, 0.29) is 40.2 Å². The highest BCUT2D eigenvalue weighted by Gasteiger charge is 2.53. The summed E-state index contributed by atoms with van der Waals surface area (Å²) in [6.45, 7) is 4.96. The normalized spacial score (nSPS) is 23.8. The number of rotatable bonds is 8. The van der Waals surface area contributed by atoms with Crippen LogP contribution in [0.15, 0.2) is 45.6 Å².